The molecular formula is C18H17BrN2O3S. The third kappa shape index (κ3) is 4.61. The van der Waals surface area contributed by atoms with Crippen LogP contribution in [-0.2, 0) is 0 Å². The average molecular weight is 421 g/mol. The van der Waals surface area contributed by atoms with Crippen LogP contribution in [0.5, 0.6) is 0 Å². The van der Waals surface area contributed by atoms with Crippen molar-refractivity contribution in [1.29, 1.82) is 0 Å². The molecule has 0 saturated heterocycles. The van der Waals surface area contributed by atoms with E-state index in [1.165, 1.54) is 17.8 Å². The average Bonchev–Trinajstić information content (AvgIpc) is 3.10. The van der Waals surface area contributed by atoms with Gasteiger partial charge in [-0.2, -0.15) is 0 Å². The smallest absolute Gasteiger partial charge is 0.284 e. The molecule has 1 N–H and O–H groups in total. The van der Waals surface area contributed by atoms with Gasteiger partial charge in [0.05, 0.1) is 9.82 Å². The summed E-state index contributed by atoms with van der Waals surface area (Å²) in [6, 6.07) is 12.4. The SMILES string of the molecule is O=C(NC1CCCC1)c1ccc(Sc2ccc(Br)cc2)c([N+](=O)[O-])c1. The number of hydrogen-bond donors (Lipinski definition) is 1. The van der Waals surface area contributed by atoms with Crippen LogP contribution in [0.25, 0.3) is 0 Å². The molecule has 0 spiro atoms. The van der Waals surface area contributed by atoms with E-state index in [4.69, 9.17) is 0 Å². The molecule has 0 bridgehead atoms. The molecular weight excluding hydrogens is 404 g/mol. The standard InChI is InChI=1S/C18H17BrN2O3S/c19-13-6-8-15(9-7-13)25-17-10-5-12(11-16(17)21(23)24)18(22)20-14-3-1-2-4-14/h5-11,14H,1-4H2,(H,20,22). The Morgan fingerprint density at radius 1 is 1.16 bits per heavy atom. The number of nitrogens with one attached hydrogen (secondary N) is 1. The molecule has 0 heterocycles. The van der Waals surface area contributed by atoms with Crippen LogP contribution in [0.3, 0.4) is 0 Å². The van der Waals surface area contributed by atoms with Gasteiger partial charge in [0.25, 0.3) is 11.6 Å². The molecule has 1 aliphatic rings. The second kappa shape index (κ2) is 8.01. The normalized spacial score (nSPS) is 14.4. The maximum atomic E-state index is 12.3. The summed E-state index contributed by atoms with van der Waals surface area (Å²) in [5, 5.41) is 14.4. The molecule has 1 fully saturated rings. The van der Waals surface area contributed by atoms with Crippen molar-refractivity contribution in [3.05, 3.63) is 62.6 Å². The highest BCUT2D eigenvalue weighted by molar-refractivity contribution is 9.10. The third-order valence-electron chi connectivity index (χ3n) is 4.15. The maximum Gasteiger partial charge on any atom is 0.284 e. The van der Waals surface area contributed by atoms with Gasteiger partial charge < -0.3 is 5.32 Å². The second-order valence-corrected chi connectivity index (χ2v) is 7.98. The van der Waals surface area contributed by atoms with Crippen molar-refractivity contribution in [2.24, 2.45) is 0 Å². The molecule has 7 heteroatoms. The minimum Gasteiger partial charge on any atom is -0.349 e. The van der Waals surface area contributed by atoms with Crippen molar-refractivity contribution < 1.29 is 9.72 Å². The number of hydrogen-bond acceptors (Lipinski definition) is 4. The Labute approximate surface area is 158 Å². The van der Waals surface area contributed by atoms with Crippen molar-refractivity contribution in [3.8, 4) is 0 Å². The number of nitro benzene ring substituents is 1. The number of nitrogens with zero attached hydrogens (tertiary/aromatic N) is 1. The van der Waals surface area contributed by atoms with E-state index in [2.05, 4.69) is 21.2 Å². The molecule has 0 atom stereocenters. The fourth-order valence-electron chi connectivity index (χ4n) is 2.86. The monoisotopic (exact) mass is 420 g/mol. The molecule has 1 aliphatic carbocycles. The fourth-order valence-corrected chi connectivity index (χ4v) is 4.02. The van der Waals surface area contributed by atoms with Gasteiger partial charge in [0.2, 0.25) is 0 Å². The highest BCUT2D eigenvalue weighted by atomic mass is 79.9. The van der Waals surface area contributed by atoms with Crippen LogP contribution >= 0.6 is 27.7 Å². The van der Waals surface area contributed by atoms with Crippen LogP contribution in [0, 0.1) is 10.1 Å². The number of nitro groups is 1. The third-order valence-corrected chi connectivity index (χ3v) is 5.75. The van der Waals surface area contributed by atoms with E-state index >= 15 is 0 Å². The van der Waals surface area contributed by atoms with Crippen molar-refractivity contribution in [2.45, 2.75) is 41.5 Å². The summed E-state index contributed by atoms with van der Waals surface area (Å²) in [6.45, 7) is 0. The Morgan fingerprint density at radius 3 is 2.48 bits per heavy atom. The Hall–Kier alpha value is -1.86. The van der Waals surface area contributed by atoms with Crippen molar-refractivity contribution in [2.75, 3.05) is 0 Å². The molecule has 0 radical (unpaired) electrons. The van der Waals surface area contributed by atoms with Gasteiger partial charge in [0.15, 0.2) is 0 Å². The number of amides is 1. The molecule has 1 saturated carbocycles. The van der Waals surface area contributed by atoms with Gasteiger partial charge in [-0.1, -0.05) is 40.5 Å². The largest absolute Gasteiger partial charge is 0.349 e. The molecule has 2 aromatic rings. The first-order chi connectivity index (χ1) is 12.0. The van der Waals surface area contributed by atoms with Crippen LogP contribution in [-0.4, -0.2) is 16.9 Å². The van der Waals surface area contributed by atoms with Crippen molar-refractivity contribution in [1.82, 2.24) is 5.32 Å². The van der Waals surface area contributed by atoms with E-state index in [9.17, 15) is 14.9 Å². The summed E-state index contributed by atoms with van der Waals surface area (Å²) in [6.07, 6.45) is 4.19. The predicted octanol–water partition coefficient (Wildman–Crippen LogP) is 5.18. The molecule has 0 aromatic heterocycles. The first-order valence-corrected chi connectivity index (χ1v) is 9.66. The molecule has 25 heavy (non-hydrogen) atoms. The van der Waals surface area contributed by atoms with Crippen LogP contribution in [0.4, 0.5) is 5.69 Å². The van der Waals surface area contributed by atoms with E-state index in [1.807, 2.05) is 24.3 Å². The van der Waals surface area contributed by atoms with Gasteiger partial charge in [-0.3, -0.25) is 14.9 Å². The lowest BCUT2D eigenvalue weighted by Gasteiger charge is -2.12. The van der Waals surface area contributed by atoms with Gasteiger partial charge in [-0.25, -0.2) is 0 Å². The summed E-state index contributed by atoms with van der Waals surface area (Å²) in [5.41, 5.74) is 0.283. The number of rotatable bonds is 5. The zero-order valence-electron chi connectivity index (χ0n) is 13.4. The van der Waals surface area contributed by atoms with Gasteiger partial charge in [0, 0.05) is 27.0 Å². The highest BCUT2D eigenvalue weighted by Gasteiger charge is 2.21. The van der Waals surface area contributed by atoms with Gasteiger partial charge in [0.1, 0.15) is 0 Å². The quantitative estimate of drug-likeness (QED) is 0.533. The summed E-state index contributed by atoms with van der Waals surface area (Å²) >= 11 is 4.68. The van der Waals surface area contributed by atoms with E-state index in [1.54, 1.807) is 12.1 Å². The Kier molecular flexibility index (Phi) is 5.75. The summed E-state index contributed by atoms with van der Waals surface area (Å²) in [4.78, 5) is 24.8. The molecule has 0 aliphatic heterocycles. The molecule has 3 rings (SSSR count). The topological polar surface area (TPSA) is 72.2 Å². The van der Waals surface area contributed by atoms with E-state index < -0.39 is 4.92 Å². The van der Waals surface area contributed by atoms with Crippen molar-refractivity contribution >= 4 is 39.3 Å². The van der Waals surface area contributed by atoms with Crippen LogP contribution in [0.1, 0.15) is 36.0 Å². The lowest BCUT2D eigenvalue weighted by molar-refractivity contribution is -0.387. The Bertz CT molecular complexity index is 789. The van der Waals surface area contributed by atoms with Crippen LogP contribution < -0.4 is 5.32 Å². The van der Waals surface area contributed by atoms with E-state index in [-0.39, 0.29) is 17.6 Å². The molecule has 2 aromatic carbocycles. The van der Waals surface area contributed by atoms with Crippen molar-refractivity contribution in [3.63, 3.8) is 0 Å². The molecule has 1 amide bonds. The first kappa shape index (κ1) is 17.9. The van der Waals surface area contributed by atoms with Gasteiger partial charge >= 0.3 is 0 Å². The molecule has 5 nitrogen and oxygen atoms in total. The molecule has 130 valence electrons. The Balaban J connectivity index is 1.81. The number of halogens is 1. The lowest BCUT2D eigenvalue weighted by atomic mass is 10.1. The summed E-state index contributed by atoms with van der Waals surface area (Å²) < 4.78 is 0.949. The first-order valence-electron chi connectivity index (χ1n) is 8.05. The van der Waals surface area contributed by atoms with E-state index in [0.717, 1.165) is 35.1 Å². The van der Waals surface area contributed by atoms with E-state index in [0.29, 0.717) is 10.5 Å². The highest BCUT2D eigenvalue weighted by Crippen LogP contribution is 2.35. The van der Waals surface area contributed by atoms with Gasteiger partial charge in [-0.15, -0.1) is 0 Å². The summed E-state index contributed by atoms with van der Waals surface area (Å²) in [7, 11) is 0. The Morgan fingerprint density at radius 2 is 1.84 bits per heavy atom. The predicted molar refractivity (Wildman–Crippen MR) is 101 cm³/mol. The zero-order chi connectivity index (χ0) is 17.8. The number of benzene rings is 2. The zero-order valence-corrected chi connectivity index (χ0v) is 15.8. The second-order valence-electron chi connectivity index (χ2n) is 5.95. The minimum atomic E-state index is -0.437. The summed E-state index contributed by atoms with van der Waals surface area (Å²) in [5.74, 6) is -0.241. The van der Waals surface area contributed by atoms with Crippen LogP contribution in [0.15, 0.2) is 56.7 Å². The minimum absolute atomic E-state index is 0.0491. The number of carbonyl (C=O) groups is 1. The van der Waals surface area contributed by atoms with Crippen LogP contribution in [0.2, 0.25) is 0 Å². The van der Waals surface area contributed by atoms with Gasteiger partial charge in [-0.05, 0) is 49.2 Å². The molecule has 0 unspecified atom stereocenters. The number of carbonyl (C=O) groups excluding carboxylic acids is 1. The fraction of sp³-hybridized carbons (Fsp3) is 0.278. The maximum absolute atomic E-state index is 12.3. The lowest BCUT2D eigenvalue weighted by Crippen LogP contribution is -2.32.